The fraction of sp³-hybridized carbons (Fsp3) is 0.833. The summed E-state index contributed by atoms with van der Waals surface area (Å²) in [5.41, 5.74) is 0. The van der Waals surface area contributed by atoms with Crippen molar-refractivity contribution in [3.05, 3.63) is 0 Å². The molecule has 0 N–H and O–H groups in total. The molecule has 1 fully saturated rings. The first-order chi connectivity index (χ1) is 3.75. The molecular weight excluding hydrogens is 102 g/mol. The molecule has 8 heavy (non-hydrogen) atoms. The molecule has 1 saturated heterocycles. The Balaban J connectivity index is 2.29. The molecule has 1 aliphatic rings. The molecule has 1 heterocycles. The zero-order valence-corrected chi connectivity index (χ0v) is 5.09. The second kappa shape index (κ2) is 1.75. The molecule has 2 unspecified atom stereocenters. The van der Waals surface area contributed by atoms with Crippen molar-refractivity contribution in [1.82, 2.24) is 0 Å². The average molecular weight is 111 g/mol. The van der Waals surface area contributed by atoms with Crippen LogP contribution in [0.3, 0.4) is 0 Å². The summed E-state index contributed by atoms with van der Waals surface area (Å²) >= 11 is 0. The third-order valence-corrected chi connectivity index (χ3v) is 1.31. The highest BCUT2D eigenvalue weighted by atomic mass is 16.6. The molecule has 2 heteroatoms. The lowest BCUT2D eigenvalue weighted by Gasteiger charge is -1.91. The predicted octanol–water partition coefficient (Wildman–Crippen LogP) is 0.933. The van der Waals surface area contributed by atoms with Gasteiger partial charge in [0.25, 0.3) is 0 Å². The predicted molar refractivity (Wildman–Crippen MR) is 29.1 cm³/mol. The van der Waals surface area contributed by atoms with E-state index in [4.69, 9.17) is 10.00 Å². The van der Waals surface area contributed by atoms with Gasteiger partial charge in [-0.15, -0.1) is 0 Å². The Morgan fingerprint density at radius 3 is 2.38 bits per heavy atom. The highest BCUT2D eigenvalue weighted by Crippen LogP contribution is 2.27. The van der Waals surface area contributed by atoms with Gasteiger partial charge in [0.15, 0.2) is 6.10 Å². The van der Waals surface area contributed by atoms with Gasteiger partial charge in [-0.25, -0.2) is 0 Å². The lowest BCUT2D eigenvalue weighted by molar-refractivity contribution is 0.346. The minimum absolute atomic E-state index is 0.102. The Morgan fingerprint density at radius 2 is 2.25 bits per heavy atom. The Kier molecular flexibility index (Phi) is 1.22. The first-order valence-corrected chi connectivity index (χ1v) is 2.81. The van der Waals surface area contributed by atoms with Gasteiger partial charge in [-0.05, 0) is 5.92 Å². The molecule has 0 aliphatic carbocycles. The fourth-order valence-electron chi connectivity index (χ4n) is 0.735. The van der Waals surface area contributed by atoms with Crippen molar-refractivity contribution in [3.8, 4) is 6.07 Å². The fourth-order valence-corrected chi connectivity index (χ4v) is 0.735. The quantitative estimate of drug-likeness (QED) is 0.472. The van der Waals surface area contributed by atoms with Gasteiger partial charge in [0.2, 0.25) is 0 Å². The van der Waals surface area contributed by atoms with E-state index in [9.17, 15) is 0 Å². The van der Waals surface area contributed by atoms with Crippen LogP contribution in [0, 0.1) is 17.2 Å². The molecule has 0 radical (unpaired) electrons. The van der Waals surface area contributed by atoms with E-state index in [0.29, 0.717) is 5.92 Å². The molecule has 0 aromatic rings. The van der Waals surface area contributed by atoms with Crippen molar-refractivity contribution in [2.45, 2.75) is 26.1 Å². The van der Waals surface area contributed by atoms with Crippen LogP contribution < -0.4 is 0 Å². The Hall–Kier alpha value is -0.550. The summed E-state index contributed by atoms with van der Waals surface area (Å²) in [4.78, 5) is 0. The monoisotopic (exact) mass is 111 g/mol. The molecule has 0 spiro atoms. The number of hydrogen-bond donors (Lipinski definition) is 0. The molecule has 0 bridgehead atoms. The van der Waals surface area contributed by atoms with Crippen LogP contribution in [-0.2, 0) is 4.74 Å². The lowest BCUT2D eigenvalue weighted by Crippen LogP contribution is -1.99. The van der Waals surface area contributed by atoms with E-state index in [0.717, 1.165) is 0 Å². The Morgan fingerprint density at radius 1 is 1.62 bits per heavy atom. The molecule has 2 atom stereocenters. The van der Waals surface area contributed by atoms with E-state index in [-0.39, 0.29) is 12.2 Å². The zero-order valence-electron chi connectivity index (χ0n) is 5.09. The van der Waals surface area contributed by atoms with E-state index in [1.165, 1.54) is 0 Å². The van der Waals surface area contributed by atoms with Gasteiger partial charge >= 0.3 is 0 Å². The van der Waals surface area contributed by atoms with Gasteiger partial charge in [-0.3, -0.25) is 0 Å². The molecule has 1 aliphatic heterocycles. The zero-order chi connectivity index (χ0) is 6.15. The van der Waals surface area contributed by atoms with E-state index >= 15 is 0 Å². The second-order valence-corrected chi connectivity index (χ2v) is 2.39. The molecule has 0 aromatic carbocycles. The number of nitrogens with zero attached hydrogens (tertiary/aromatic N) is 1. The molecule has 2 nitrogen and oxygen atoms in total. The van der Waals surface area contributed by atoms with Crippen molar-refractivity contribution >= 4 is 0 Å². The number of nitriles is 1. The van der Waals surface area contributed by atoms with Crippen molar-refractivity contribution < 1.29 is 4.74 Å². The molecule has 0 saturated carbocycles. The topological polar surface area (TPSA) is 36.3 Å². The van der Waals surface area contributed by atoms with E-state index in [2.05, 4.69) is 13.8 Å². The molecule has 1 rings (SSSR count). The maximum Gasteiger partial charge on any atom is 0.170 e. The summed E-state index contributed by atoms with van der Waals surface area (Å²) in [6, 6.07) is 2.05. The number of epoxide rings is 1. The number of hydrogen-bond acceptors (Lipinski definition) is 2. The normalized spacial score (nSPS) is 34.8. The van der Waals surface area contributed by atoms with Crippen LogP contribution in [0.15, 0.2) is 0 Å². The van der Waals surface area contributed by atoms with Crippen LogP contribution in [0.1, 0.15) is 13.8 Å². The maximum absolute atomic E-state index is 8.25. The minimum atomic E-state index is -0.102. The van der Waals surface area contributed by atoms with Gasteiger partial charge < -0.3 is 4.74 Å². The summed E-state index contributed by atoms with van der Waals surface area (Å²) in [6.07, 6.45) is 0.120. The minimum Gasteiger partial charge on any atom is -0.353 e. The number of ether oxygens (including phenoxy) is 1. The lowest BCUT2D eigenvalue weighted by atomic mass is 10.1. The van der Waals surface area contributed by atoms with Crippen LogP contribution in [0.4, 0.5) is 0 Å². The van der Waals surface area contributed by atoms with Gasteiger partial charge in [0.1, 0.15) is 6.10 Å². The van der Waals surface area contributed by atoms with Crippen molar-refractivity contribution in [2.24, 2.45) is 5.92 Å². The molecular formula is C6H9NO. The highest BCUT2D eigenvalue weighted by Gasteiger charge is 2.41. The second-order valence-electron chi connectivity index (χ2n) is 2.39. The van der Waals surface area contributed by atoms with E-state index < -0.39 is 0 Å². The Bertz CT molecular complexity index is 125. The van der Waals surface area contributed by atoms with Gasteiger partial charge in [-0.2, -0.15) is 5.26 Å². The summed E-state index contributed by atoms with van der Waals surface area (Å²) in [5, 5.41) is 8.25. The number of rotatable bonds is 1. The first kappa shape index (κ1) is 5.58. The summed E-state index contributed by atoms with van der Waals surface area (Å²) in [6.45, 7) is 4.12. The van der Waals surface area contributed by atoms with Crippen LogP contribution >= 0.6 is 0 Å². The maximum atomic E-state index is 8.25. The van der Waals surface area contributed by atoms with Crippen molar-refractivity contribution in [2.75, 3.05) is 0 Å². The standard InChI is InChI=1S/C6H9NO/c1-4(2)6-5(3-7)8-6/h4-6H,1-2H3. The largest absolute Gasteiger partial charge is 0.353 e. The summed E-state index contributed by atoms with van der Waals surface area (Å²) in [7, 11) is 0. The average Bonchev–Trinajstić information content (AvgIpc) is 2.42. The van der Waals surface area contributed by atoms with Gasteiger partial charge in [-0.1, -0.05) is 13.8 Å². The summed E-state index contributed by atoms with van der Waals surface area (Å²) in [5.74, 6) is 0.500. The highest BCUT2D eigenvalue weighted by molar-refractivity contribution is 5.02. The van der Waals surface area contributed by atoms with Crippen LogP contribution in [0.5, 0.6) is 0 Å². The third kappa shape index (κ3) is 0.823. The van der Waals surface area contributed by atoms with Crippen molar-refractivity contribution in [1.29, 1.82) is 5.26 Å². The molecule has 0 aromatic heterocycles. The third-order valence-electron chi connectivity index (χ3n) is 1.31. The summed E-state index contributed by atoms with van der Waals surface area (Å²) < 4.78 is 4.97. The molecule has 0 amide bonds. The SMILES string of the molecule is CC(C)C1OC1C#N. The van der Waals surface area contributed by atoms with Gasteiger partial charge in [0, 0.05) is 0 Å². The smallest absolute Gasteiger partial charge is 0.170 e. The van der Waals surface area contributed by atoms with Gasteiger partial charge in [0.05, 0.1) is 6.07 Å². The van der Waals surface area contributed by atoms with Crippen LogP contribution in [0.2, 0.25) is 0 Å². The van der Waals surface area contributed by atoms with E-state index in [1.807, 2.05) is 6.07 Å². The Labute approximate surface area is 49.1 Å². The van der Waals surface area contributed by atoms with E-state index in [1.54, 1.807) is 0 Å². The van der Waals surface area contributed by atoms with Crippen LogP contribution in [-0.4, -0.2) is 12.2 Å². The molecule has 44 valence electrons. The van der Waals surface area contributed by atoms with Crippen molar-refractivity contribution in [3.63, 3.8) is 0 Å². The van der Waals surface area contributed by atoms with Crippen LogP contribution in [0.25, 0.3) is 0 Å². The first-order valence-electron chi connectivity index (χ1n) is 2.81.